The van der Waals surface area contributed by atoms with Gasteiger partial charge in [0, 0.05) is 14.1 Å². The van der Waals surface area contributed by atoms with Gasteiger partial charge in [0.15, 0.2) is 17.2 Å². The number of nitrogens with one attached hydrogen (secondary N) is 3. The average molecular weight is 670 g/mol. The summed E-state index contributed by atoms with van der Waals surface area (Å²) in [6.07, 6.45) is -0.233. The van der Waals surface area contributed by atoms with Crippen LogP contribution in [0.15, 0.2) is 40.9 Å². The van der Waals surface area contributed by atoms with E-state index in [-0.39, 0.29) is 52.1 Å². The van der Waals surface area contributed by atoms with Crippen LogP contribution in [-0.2, 0) is 9.59 Å². The van der Waals surface area contributed by atoms with Gasteiger partial charge in [-0.15, -0.1) is 0 Å². The summed E-state index contributed by atoms with van der Waals surface area (Å²) in [7, 11) is 7.43. The van der Waals surface area contributed by atoms with Crippen LogP contribution in [0.4, 0.5) is 11.4 Å². The van der Waals surface area contributed by atoms with Crippen LogP contribution >= 0.6 is 15.9 Å². The van der Waals surface area contributed by atoms with Crippen molar-refractivity contribution in [3.63, 3.8) is 0 Å². The first-order chi connectivity index (χ1) is 20.9. The van der Waals surface area contributed by atoms with Crippen molar-refractivity contribution in [3.8, 4) is 28.7 Å². The molecule has 1 aliphatic rings. The number of anilines is 2. The van der Waals surface area contributed by atoms with Crippen LogP contribution in [0.5, 0.6) is 28.7 Å². The molecule has 3 N–H and O–H groups in total. The van der Waals surface area contributed by atoms with E-state index in [0.29, 0.717) is 16.0 Å². The summed E-state index contributed by atoms with van der Waals surface area (Å²) in [6.45, 7) is 3.83. The van der Waals surface area contributed by atoms with Crippen molar-refractivity contribution in [3.05, 3.63) is 63.1 Å². The number of hydrogen-bond donors (Lipinski definition) is 3. The summed E-state index contributed by atoms with van der Waals surface area (Å²) < 4.78 is 22.8. The van der Waals surface area contributed by atoms with Crippen molar-refractivity contribution < 1.29 is 38.1 Å². The molecule has 0 spiro atoms. The molecule has 0 fully saturated rings. The number of aryl methyl sites for hydroxylation is 2. The highest BCUT2D eigenvalue weighted by Crippen LogP contribution is 2.45. The van der Waals surface area contributed by atoms with Gasteiger partial charge in [0.2, 0.25) is 17.6 Å². The topological polar surface area (TPSA) is 145 Å². The van der Waals surface area contributed by atoms with Crippen LogP contribution in [-0.4, -0.2) is 70.0 Å². The van der Waals surface area contributed by atoms with Gasteiger partial charge in [0.1, 0.15) is 11.8 Å². The van der Waals surface area contributed by atoms with Crippen LogP contribution in [0.3, 0.4) is 0 Å². The Balaban J connectivity index is 1.80. The number of hydrogen-bond acceptors (Lipinski definition) is 8. The molecule has 4 rings (SSSR count). The fourth-order valence-corrected chi connectivity index (χ4v) is 5.31. The minimum atomic E-state index is -1.11. The minimum Gasteiger partial charge on any atom is -0.493 e. The largest absolute Gasteiger partial charge is 0.493 e. The first kappa shape index (κ1) is 32.1. The van der Waals surface area contributed by atoms with Gasteiger partial charge in [-0.3, -0.25) is 19.2 Å². The zero-order valence-corrected chi connectivity index (χ0v) is 26.9. The predicted octanol–water partition coefficient (Wildman–Crippen LogP) is 4.67. The number of ether oxygens (including phenoxy) is 4. The quantitative estimate of drug-likeness (QED) is 0.299. The molecule has 0 saturated carbocycles. The van der Waals surface area contributed by atoms with Crippen molar-refractivity contribution in [1.29, 1.82) is 0 Å². The normalized spacial score (nSPS) is 14.0. The summed E-state index contributed by atoms with van der Waals surface area (Å²) in [5.41, 5.74) is 2.41. The van der Waals surface area contributed by atoms with Crippen LogP contribution in [0.25, 0.3) is 0 Å². The summed E-state index contributed by atoms with van der Waals surface area (Å²) in [6, 6.07) is 8.84. The molecular weight excluding hydrogens is 636 g/mol. The third-order valence-electron chi connectivity index (χ3n) is 6.81. The zero-order valence-electron chi connectivity index (χ0n) is 25.3. The van der Waals surface area contributed by atoms with Gasteiger partial charge >= 0.3 is 0 Å². The fourth-order valence-electron chi connectivity index (χ4n) is 4.67. The number of halogens is 1. The highest BCUT2D eigenvalue weighted by molar-refractivity contribution is 9.10. The van der Waals surface area contributed by atoms with E-state index in [0.717, 1.165) is 11.1 Å². The van der Waals surface area contributed by atoms with E-state index in [1.807, 2.05) is 32.0 Å². The minimum absolute atomic E-state index is 0.0875. The van der Waals surface area contributed by atoms with Gasteiger partial charge in [-0.2, -0.15) is 0 Å². The summed E-state index contributed by atoms with van der Waals surface area (Å²) in [5.74, 6) is -0.693. The highest BCUT2D eigenvalue weighted by atomic mass is 79.9. The first-order valence-electron chi connectivity index (χ1n) is 13.4. The SMILES string of the molecule is COc1cc(C(=O)Nc2cc3c(cc2Oc2cc(C)cc(C)c2)C(=O)N[C@@H](CC(=O)N(C)C)C(=O)N3)c(Br)c(OC)c1OC. The molecule has 0 aliphatic carbocycles. The summed E-state index contributed by atoms with van der Waals surface area (Å²) in [4.78, 5) is 53.8. The number of fused-ring (bicyclic) bond motifs is 1. The summed E-state index contributed by atoms with van der Waals surface area (Å²) >= 11 is 3.43. The van der Waals surface area contributed by atoms with Gasteiger partial charge in [-0.05, 0) is 71.2 Å². The molecule has 13 heteroatoms. The van der Waals surface area contributed by atoms with Gasteiger partial charge in [-0.1, -0.05) is 6.07 Å². The third-order valence-corrected chi connectivity index (χ3v) is 7.59. The second-order valence-corrected chi connectivity index (χ2v) is 11.1. The highest BCUT2D eigenvalue weighted by Gasteiger charge is 2.32. The molecule has 0 aromatic heterocycles. The molecule has 1 aliphatic heterocycles. The number of carbonyl (C=O) groups excluding carboxylic acids is 4. The smallest absolute Gasteiger partial charge is 0.257 e. The number of carbonyl (C=O) groups is 4. The monoisotopic (exact) mass is 668 g/mol. The van der Waals surface area contributed by atoms with Gasteiger partial charge < -0.3 is 39.8 Å². The molecule has 3 aromatic rings. The molecule has 0 radical (unpaired) electrons. The second-order valence-electron chi connectivity index (χ2n) is 10.3. The maximum atomic E-state index is 13.7. The van der Waals surface area contributed by atoms with Gasteiger partial charge in [0.25, 0.3) is 11.8 Å². The number of benzene rings is 3. The molecule has 12 nitrogen and oxygen atoms in total. The van der Waals surface area contributed by atoms with Crippen LogP contribution < -0.4 is 34.9 Å². The van der Waals surface area contributed by atoms with Crippen molar-refractivity contribution in [1.82, 2.24) is 10.2 Å². The molecule has 3 aromatic carbocycles. The Kier molecular flexibility index (Phi) is 9.68. The molecule has 232 valence electrons. The lowest BCUT2D eigenvalue weighted by molar-refractivity contribution is -0.131. The standard InChI is InChI=1S/C31H33BrN4O8/c1-15-8-16(2)10-17(9-15)44-23-11-18-20(33-31(40)22(35-29(18)38)14-25(37)36(3)4)13-21(23)34-30(39)19-12-24(41-5)27(42-6)28(43-7)26(19)32/h8-13,22H,14H2,1-7H3,(H,33,40)(H,34,39)(H,35,38)/t22-/m0/s1. The predicted molar refractivity (Wildman–Crippen MR) is 167 cm³/mol. The lowest BCUT2D eigenvalue weighted by Crippen LogP contribution is -2.44. The van der Waals surface area contributed by atoms with Crippen molar-refractivity contribution in [2.75, 3.05) is 46.1 Å². The van der Waals surface area contributed by atoms with Gasteiger partial charge in [0.05, 0.1) is 54.7 Å². The van der Waals surface area contributed by atoms with Crippen molar-refractivity contribution in [2.24, 2.45) is 0 Å². The molecule has 1 atom stereocenters. The molecule has 4 amide bonds. The molecular formula is C31H33BrN4O8. The Labute approximate surface area is 263 Å². The Morgan fingerprint density at radius 3 is 2.16 bits per heavy atom. The van der Waals surface area contributed by atoms with Crippen molar-refractivity contribution >= 4 is 50.9 Å². The molecule has 0 unspecified atom stereocenters. The van der Waals surface area contributed by atoms with Crippen LogP contribution in [0.1, 0.15) is 38.3 Å². The van der Waals surface area contributed by atoms with E-state index in [4.69, 9.17) is 18.9 Å². The number of rotatable bonds is 9. The molecule has 1 heterocycles. The van der Waals surface area contributed by atoms with E-state index < -0.39 is 23.8 Å². The van der Waals surface area contributed by atoms with Crippen LogP contribution in [0.2, 0.25) is 0 Å². The molecule has 0 bridgehead atoms. The number of methoxy groups -OCH3 is 3. The van der Waals surface area contributed by atoms with Crippen molar-refractivity contribution in [2.45, 2.75) is 26.3 Å². The van der Waals surface area contributed by atoms with E-state index in [1.54, 1.807) is 14.1 Å². The van der Waals surface area contributed by atoms with E-state index in [9.17, 15) is 19.2 Å². The Bertz CT molecular complexity index is 1640. The van der Waals surface area contributed by atoms with E-state index >= 15 is 0 Å². The fraction of sp³-hybridized carbons (Fsp3) is 0.290. The van der Waals surface area contributed by atoms with Crippen LogP contribution in [0, 0.1) is 13.8 Å². The number of amides is 4. The maximum Gasteiger partial charge on any atom is 0.257 e. The average Bonchev–Trinajstić information content (AvgIpc) is 3.07. The molecule has 0 saturated heterocycles. The summed E-state index contributed by atoms with van der Waals surface area (Å²) in [5, 5.41) is 8.16. The lowest BCUT2D eigenvalue weighted by atomic mass is 10.1. The Morgan fingerprint density at radius 2 is 1.57 bits per heavy atom. The van der Waals surface area contributed by atoms with Gasteiger partial charge in [-0.25, -0.2) is 0 Å². The Hall–Kier alpha value is -4.78. The zero-order chi connectivity index (χ0) is 32.3. The second kappa shape index (κ2) is 13.2. The van der Waals surface area contributed by atoms with E-state index in [1.165, 1.54) is 44.4 Å². The third kappa shape index (κ3) is 6.72. The Morgan fingerprint density at radius 1 is 0.909 bits per heavy atom. The first-order valence-corrected chi connectivity index (χ1v) is 14.2. The molecule has 44 heavy (non-hydrogen) atoms. The maximum absolute atomic E-state index is 13.7. The number of nitrogens with zero attached hydrogens (tertiary/aromatic N) is 1. The van der Waals surface area contributed by atoms with E-state index in [2.05, 4.69) is 31.9 Å². The lowest BCUT2D eigenvalue weighted by Gasteiger charge is -2.19.